The van der Waals surface area contributed by atoms with Crippen LogP contribution in [0.3, 0.4) is 0 Å². The summed E-state index contributed by atoms with van der Waals surface area (Å²) in [6.45, 7) is 3.95. The molecular weight excluding hydrogens is 326 g/mol. The number of aliphatic hydroxyl groups excluding tert-OH is 1. The van der Waals surface area contributed by atoms with E-state index in [2.05, 4.69) is 4.72 Å². The van der Waals surface area contributed by atoms with Crippen LogP contribution in [0.15, 0.2) is 30.3 Å². The Morgan fingerprint density at radius 1 is 1.29 bits per heavy atom. The second-order valence-electron chi connectivity index (χ2n) is 7.70. The van der Waals surface area contributed by atoms with Crippen molar-refractivity contribution in [3.63, 3.8) is 0 Å². The lowest BCUT2D eigenvalue weighted by Crippen LogP contribution is -2.45. The lowest BCUT2D eigenvalue weighted by atomic mass is 9.70. The van der Waals surface area contributed by atoms with Gasteiger partial charge in [-0.2, -0.15) is 0 Å². The van der Waals surface area contributed by atoms with E-state index in [1.807, 2.05) is 19.9 Å². The van der Waals surface area contributed by atoms with Crippen LogP contribution >= 0.6 is 0 Å². The highest BCUT2D eigenvalue weighted by molar-refractivity contribution is 7.89. The van der Waals surface area contributed by atoms with E-state index in [0.29, 0.717) is 18.4 Å². The number of fused-ring (bicyclic) bond motifs is 2. The Hall–Kier alpha value is -1.24. The average molecular weight is 351 g/mol. The number of sulfonamides is 1. The predicted octanol–water partition coefficient (Wildman–Crippen LogP) is 2.03. The number of hydrogen-bond donors (Lipinski definition) is 2. The fourth-order valence-electron chi connectivity index (χ4n) is 4.48. The van der Waals surface area contributed by atoms with Crippen LogP contribution in [0.25, 0.3) is 0 Å². The van der Waals surface area contributed by atoms with Gasteiger partial charge in [-0.25, -0.2) is 13.1 Å². The molecule has 2 fully saturated rings. The number of benzene rings is 1. The zero-order chi connectivity index (χ0) is 17.6. The molecule has 3 unspecified atom stereocenters. The van der Waals surface area contributed by atoms with Crippen LogP contribution in [0, 0.1) is 16.7 Å². The zero-order valence-corrected chi connectivity index (χ0v) is 15.0. The van der Waals surface area contributed by atoms with E-state index in [0.717, 1.165) is 6.42 Å². The van der Waals surface area contributed by atoms with Crippen molar-refractivity contribution < 1.29 is 18.3 Å². The first-order valence-corrected chi connectivity index (χ1v) is 10.1. The van der Waals surface area contributed by atoms with E-state index in [1.165, 1.54) is 0 Å². The Labute approximate surface area is 143 Å². The van der Waals surface area contributed by atoms with E-state index in [1.54, 1.807) is 24.3 Å². The summed E-state index contributed by atoms with van der Waals surface area (Å²) in [7, 11) is -3.65. The predicted molar refractivity (Wildman–Crippen MR) is 91.8 cm³/mol. The van der Waals surface area contributed by atoms with E-state index in [-0.39, 0.29) is 29.4 Å². The first-order valence-electron chi connectivity index (χ1n) is 8.42. The Bertz CT molecular complexity index is 729. The van der Waals surface area contributed by atoms with Crippen molar-refractivity contribution in [2.24, 2.45) is 16.7 Å². The largest absolute Gasteiger partial charge is 0.387 e. The van der Waals surface area contributed by atoms with Crippen molar-refractivity contribution in [2.75, 3.05) is 12.3 Å². The molecule has 0 aromatic heterocycles. The van der Waals surface area contributed by atoms with E-state index < -0.39 is 21.5 Å². The van der Waals surface area contributed by atoms with E-state index in [4.69, 9.17) is 0 Å². The first-order chi connectivity index (χ1) is 11.2. The van der Waals surface area contributed by atoms with Crippen LogP contribution in [0.2, 0.25) is 0 Å². The molecule has 0 amide bonds. The molecule has 6 heteroatoms. The lowest BCUT2D eigenvalue weighted by Gasteiger charge is -2.36. The van der Waals surface area contributed by atoms with Crippen molar-refractivity contribution >= 4 is 15.8 Å². The van der Waals surface area contributed by atoms with Gasteiger partial charge in [0.05, 0.1) is 11.9 Å². The Morgan fingerprint density at radius 2 is 1.96 bits per heavy atom. The second-order valence-corrected chi connectivity index (χ2v) is 9.51. The fraction of sp³-hybridized carbons (Fsp3) is 0.611. The maximum atomic E-state index is 12.6. The normalized spacial score (nSPS) is 29.8. The minimum atomic E-state index is -3.65. The third-order valence-corrected chi connectivity index (χ3v) is 7.74. The molecule has 2 N–H and O–H groups in total. The number of rotatable bonds is 6. The van der Waals surface area contributed by atoms with Crippen molar-refractivity contribution in [3.8, 4) is 0 Å². The van der Waals surface area contributed by atoms with Crippen LogP contribution in [-0.2, 0) is 14.8 Å². The summed E-state index contributed by atoms with van der Waals surface area (Å²) in [6.07, 6.45) is 1.16. The van der Waals surface area contributed by atoms with Crippen molar-refractivity contribution in [3.05, 3.63) is 35.9 Å². The van der Waals surface area contributed by atoms with Gasteiger partial charge in [0, 0.05) is 18.4 Å². The van der Waals surface area contributed by atoms with Crippen LogP contribution in [-0.4, -0.2) is 31.6 Å². The summed E-state index contributed by atoms with van der Waals surface area (Å²) < 4.78 is 27.6. The number of ketones is 1. The molecule has 0 spiro atoms. The molecule has 0 saturated heterocycles. The molecule has 0 radical (unpaired) electrons. The molecule has 24 heavy (non-hydrogen) atoms. The topological polar surface area (TPSA) is 83.5 Å². The third kappa shape index (κ3) is 2.80. The minimum absolute atomic E-state index is 0.0812. The summed E-state index contributed by atoms with van der Waals surface area (Å²) in [5.74, 6) is 0.192. The van der Waals surface area contributed by atoms with E-state index >= 15 is 0 Å². The highest BCUT2D eigenvalue weighted by Crippen LogP contribution is 2.64. The van der Waals surface area contributed by atoms with Gasteiger partial charge in [-0.05, 0) is 29.7 Å². The summed E-state index contributed by atoms with van der Waals surface area (Å²) >= 11 is 0. The standard InChI is InChI=1S/C18H25NO4S/c1-17(2)14-8-9-18(17,16(21)10-14)12-24(22,23)19-11-15(20)13-6-4-3-5-7-13/h3-7,14-15,19-20H,8-12H2,1-2H3. The highest BCUT2D eigenvalue weighted by atomic mass is 32.2. The third-order valence-electron chi connectivity index (χ3n) is 6.26. The maximum Gasteiger partial charge on any atom is 0.212 e. The molecule has 5 nitrogen and oxygen atoms in total. The molecule has 2 aliphatic carbocycles. The number of hydrogen-bond acceptors (Lipinski definition) is 4. The molecule has 3 rings (SSSR count). The Morgan fingerprint density at radius 3 is 2.50 bits per heavy atom. The van der Waals surface area contributed by atoms with Gasteiger partial charge in [-0.15, -0.1) is 0 Å². The van der Waals surface area contributed by atoms with E-state index in [9.17, 15) is 18.3 Å². The summed E-state index contributed by atoms with van der Waals surface area (Å²) in [4.78, 5) is 12.5. The van der Waals surface area contributed by atoms with Gasteiger partial charge in [-0.3, -0.25) is 4.79 Å². The molecule has 0 aliphatic heterocycles. The summed E-state index contributed by atoms with van der Waals surface area (Å²) in [5.41, 5.74) is -0.394. The molecule has 3 atom stereocenters. The Kier molecular flexibility index (Phi) is 4.35. The van der Waals surface area contributed by atoms with Gasteiger partial charge < -0.3 is 5.11 Å². The van der Waals surface area contributed by atoms with Gasteiger partial charge >= 0.3 is 0 Å². The van der Waals surface area contributed by atoms with Gasteiger partial charge in [0.1, 0.15) is 5.78 Å². The molecule has 1 aromatic rings. The number of nitrogens with one attached hydrogen (secondary N) is 1. The SMILES string of the molecule is CC1(C)C2CCC1(CS(=O)(=O)NCC(O)c1ccccc1)C(=O)C2. The molecule has 2 bridgehead atoms. The van der Waals surface area contributed by atoms with Crippen molar-refractivity contribution in [2.45, 2.75) is 39.2 Å². The maximum absolute atomic E-state index is 12.6. The van der Waals surface area contributed by atoms with Crippen LogP contribution < -0.4 is 4.72 Å². The summed E-state index contributed by atoms with van der Waals surface area (Å²) in [6, 6.07) is 8.93. The number of Topliss-reactive ketones (excluding diaryl/α,β-unsaturated/α-hetero) is 1. The summed E-state index contributed by atoms with van der Waals surface area (Å²) in [5, 5.41) is 10.1. The Balaban J connectivity index is 1.70. The lowest BCUT2D eigenvalue weighted by molar-refractivity contribution is -0.128. The molecule has 0 heterocycles. The monoisotopic (exact) mass is 351 g/mol. The molecule has 2 saturated carbocycles. The van der Waals surface area contributed by atoms with Crippen molar-refractivity contribution in [1.82, 2.24) is 4.72 Å². The van der Waals surface area contributed by atoms with Gasteiger partial charge in [0.25, 0.3) is 0 Å². The number of carbonyl (C=O) groups excluding carboxylic acids is 1. The average Bonchev–Trinajstić information content (AvgIpc) is 2.87. The highest BCUT2D eigenvalue weighted by Gasteiger charge is 2.65. The fourth-order valence-corrected chi connectivity index (χ4v) is 6.32. The smallest absolute Gasteiger partial charge is 0.212 e. The quantitative estimate of drug-likeness (QED) is 0.821. The molecule has 132 valence electrons. The number of carbonyl (C=O) groups is 1. The molecule has 2 aliphatic rings. The van der Waals surface area contributed by atoms with Gasteiger partial charge in [-0.1, -0.05) is 44.2 Å². The van der Waals surface area contributed by atoms with Crippen LogP contribution in [0.5, 0.6) is 0 Å². The van der Waals surface area contributed by atoms with Crippen LogP contribution in [0.4, 0.5) is 0 Å². The van der Waals surface area contributed by atoms with Gasteiger partial charge in [0.15, 0.2) is 0 Å². The van der Waals surface area contributed by atoms with Gasteiger partial charge in [0.2, 0.25) is 10.0 Å². The van der Waals surface area contributed by atoms with Crippen LogP contribution in [0.1, 0.15) is 44.8 Å². The second kappa shape index (κ2) is 5.93. The van der Waals surface area contributed by atoms with Crippen molar-refractivity contribution in [1.29, 1.82) is 0 Å². The number of aliphatic hydroxyl groups is 1. The zero-order valence-electron chi connectivity index (χ0n) is 14.2. The first kappa shape index (κ1) is 17.6. The minimum Gasteiger partial charge on any atom is -0.387 e. The molecular formula is C18H25NO4S. The molecule has 1 aromatic carbocycles.